The van der Waals surface area contributed by atoms with Crippen molar-refractivity contribution in [2.75, 3.05) is 25.0 Å². The number of nitrogens with one attached hydrogen (secondary N) is 3. The Morgan fingerprint density at radius 2 is 1.87 bits per heavy atom. The molecule has 1 aromatic rings. The fourth-order valence-corrected chi connectivity index (χ4v) is 2.73. The van der Waals surface area contributed by atoms with Crippen molar-refractivity contribution in [3.8, 4) is 0 Å². The summed E-state index contributed by atoms with van der Waals surface area (Å²) in [6.45, 7) is 2.77. The first-order chi connectivity index (χ1) is 10.7. The predicted molar refractivity (Wildman–Crippen MR) is 93.0 cm³/mol. The van der Waals surface area contributed by atoms with Gasteiger partial charge < -0.3 is 16.0 Å². The first-order valence-electron chi connectivity index (χ1n) is 8.12. The van der Waals surface area contributed by atoms with E-state index in [9.17, 15) is 9.59 Å². The molecule has 0 radical (unpaired) electrons. The molecule has 2 amide bonds. The lowest BCUT2D eigenvalue weighted by molar-refractivity contribution is -0.117. The Labute approximate surface area is 143 Å². The van der Waals surface area contributed by atoms with Gasteiger partial charge in [0.2, 0.25) is 5.91 Å². The maximum absolute atomic E-state index is 12.1. The number of hydrogen-bond acceptors (Lipinski definition) is 3. The standard InChI is InChI=1S/C17H23N3O2.ClH/c21-16(19-11-12-2-1-9-18-10-12)13-5-7-15(8-6-13)20-17(22)14-3-4-14;/h5-8,12,14,18H,1-4,9-11H2,(H,19,21)(H,20,22);1H. The summed E-state index contributed by atoms with van der Waals surface area (Å²) < 4.78 is 0. The number of piperidine rings is 1. The van der Waals surface area contributed by atoms with Gasteiger partial charge >= 0.3 is 0 Å². The molecule has 1 saturated carbocycles. The molecule has 0 bridgehead atoms. The molecule has 1 aliphatic carbocycles. The lowest BCUT2D eigenvalue weighted by Gasteiger charge is -2.22. The molecule has 1 heterocycles. The topological polar surface area (TPSA) is 70.2 Å². The van der Waals surface area contributed by atoms with Gasteiger partial charge in [0.15, 0.2) is 0 Å². The molecule has 5 nitrogen and oxygen atoms in total. The molecule has 3 N–H and O–H groups in total. The molecule has 2 fully saturated rings. The summed E-state index contributed by atoms with van der Waals surface area (Å²) in [6, 6.07) is 7.10. The summed E-state index contributed by atoms with van der Waals surface area (Å²) in [5.74, 6) is 0.745. The highest BCUT2D eigenvalue weighted by Crippen LogP contribution is 2.30. The molecule has 23 heavy (non-hydrogen) atoms. The minimum atomic E-state index is -0.0503. The second-order valence-electron chi connectivity index (χ2n) is 6.26. The highest BCUT2D eigenvalue weighted by atomic mass is 35.5. The Morgan fingerprint density at radius 3 is 2.48 bits per heavy atom. The van der Waals surface area contributed by atoms with Crippen molar-refractivity contribution in [1.29, 1.82) is 0 Å². The van der Waals surface area contributed by atoms with Gasteiger partial charge in [-0.15, -0.1) is 12.4 Å². The monoisotopic (exact) mass is 337 g/mol. The van der Waals surface area contributed by atoms with Crippen LogP contribution in [0.5, 0.6) is 0 Å². The van der Waals surface area contributed by atoms with E-state index < -0.39 is 0 Å². The normalized spacial score (nSPS) is 20.3. The summed E-state index contributed by atoms with van der Waals surface area (Å²) >= 11 is 0. The number of amides is 2. The van der Waals surface area contributed by atoms with Crippen molar-refractivity contribution in [2.24, 2.45) is 11.8 Å². The first-order valence-corrected chi connectivity index (χ1v) is 8.12. The van der Waals surface area contributed by atoms with E-state index >= 15 is 0 Å². The molecule has 6 heteroatoms. The highest BCUT2D eigenvalue weighted by molar-refractivity contribution is 5.96. The Hall–Kier alpha value is -1.59. The lowest BCUT2D eigenvalue weighted by Crippen LogP contribution is -2.38. The zero-order valence-electron chi connectivity index (χ0n) is 13.1. The molecule has 3 rings (SSSR count). The van der Waals surface area contributed by atoms with Gasteiger partial charge in [0, 0.05) is 23.7 Å². The Morgan fingerprint density at radius 1 is 1.13 bits per heavy atom. The molecule has 1 aromatic carbocycles. The van der Waals surface area contributed by atoms with Crippen LogP contribution in [0.2, 0.25) is 0 Å². The van der Waals surface area contributed by atoms with Crippen LogP contribution in [0, 0.1) is 11.8 Å². The third kappa shape index (κ3) is 5.22. The summed E-state index contributed by atoms with van der Waals surface area (Å²) in [5, 5.41) is 9.21. The second-order valence-corrected chi connectivity index (χ2v) is 6.26. The summed E-state index contributed by atoms with van der Waals surface area (Å²) in [4.78, 5) is 23.8. The molecule has 1 saturated heterocycles. The van der Waals surface area contributed by atoms with Gasteiger partial charge in [-0.3, -0.25) is 9.59 Å². The van der Waals surface area contributed by atoms with Crippen LogP contribution >= 0.6 is 12.4 Å². The van der Waals surface area contributed by atoms with E-state index in [1.54, 1.807) is 24.3 Å². The summed E-state index contributed by atoms with van der Waals surface area (Å²) in [6.07, 6.45) is 4.32. The maximum atomic E-state index is 12.1. The fourth-order valence-electron chi connectivity index (χ4n) is 2.73. The van der Waals surface area contributed by atoms with Gasteiger partial charge in [-0.1, -0.05) is 0 Å². The van der Waals surface area contributed by atoms with Crippen LogP contribution in [0.15, 0.2) is 24.3 Å². The van der Waals surface area contributed by atoms with Gasteiger partial charge in [-0.05, 0) is 69.0 Å². The number of halogens is 1. The molecule has 2 aliphatic rings. The molecule has 0 spiro atoms. The number of anilines is 1. The first kappa shape index (κ1) is 17.8. The highest BCUT2D eigenvalue weighted by Gasteiger charge is 2.29. The number of benzene rings is 1. The van der Waals surface area contributed by atoms with E-state index in [0.29, 0.717) is 18.0 Å². The van der Waals surface area contributed by atoms with Crippen LogP contribution in [0.3, 0.4) is 0 Å². The summed E-state index contributed by atoms with van der Waals surface area (Å²) in [5.41, 5.74) is 1.39. The zero-order valence-corrected chi connectivity index (χ0v) is 14.0. The van der Waals surface area contributed by atoms with E-state index in [2.05, 4.69) is 16.0 Å². The minimum Gasteiger partial charge on any atom is -0.352 e. The van der Waals surface area contributed by atoms with Crippen LogP contribution in [0.4, 0.5) is 5.69 Å². The molecule has 1 unspecified atom stereocenters. The second kappa shape index (κ2) is 8.31. The van der Waals surface area contributed by atoms with Crippen LogP contribution in [0.1, 0.15) is 36.0 Å². The SMILES string of the molecule is Cl.O=C(NCC1CCCNC1)c1ccc(NC(=O)C2CC2)cc1. The van der Waals surface area contributed by atoms with Gasteiger partial charge in [-0.2, -0.15) is 0 Å². The predicted octanol–water partition coefficient (Wildman–Crippen LogP) is 2.19. The van der Waals surface area contributed by atoms with E-state index in [4.69, 9.17) is 0 Å². The van der Waals surface area contributed by atoms with Crippen molar-refractivity contribution >= 4 is 29.9 Å². The Kier molecular flexibility index (Phi) is 6.42. The van der Waals surface area contributed by atoms with E-state index in [1.165, 1.54) is 12.8 Å². The van der Waals surface area contributed by atoms with Crippen LogP contribution in [0.25, 0.3) is 0 Å². The molecule has 1 aliphatic heterocycles. The zero-order chi connectivity index (χ0) is 15.4. The van der Waals surface area contributed by atoms with Crippen molar-refractivity contribution in [3.63, 3.8) is 0 Å². The van der Waals surface area contributed by atoms with Crippen LogP contribution in [-0.2, 0) is 4.79 Å². The van der Waals surface area contributed by atoms with E-state index in [-0.39, 0.29) is 30.1 Å². The van der Waals surface area contributed by atoms with Gasteiger partial charge in [-0.25, -0.2) is 0 Å². The number of carbonyl (C=O) groups excluding carboxylic acids is 2. The van der Waals surface area contributed by atoms with Crippen molar-refractivity contribution in [1.82, 2.24) is 10.6 Å². The third-order valence-corrected chi connectivity index (χ3v) is 4.31. The van der Waals surface area contributed by atoms with Gasteiger partial charge in [0.25, 0.3) is 5.91 Å². The minimum absolute atomic E-state index is 0. The maximum Gasteiger partial charge on any atom is 0.251 e. The fraction of sp³-hybridized carbons (Fsp3) is 0.529. The largest absolute Gasteiger partial charge is 0.352 e. The average Bonchev–Trinajstić information content (AvgIpc) is 3.39. The molecule has 0 aromatic heterocycles. The van der Waals surface area contributed by atoms with E-state index in [0.717, 1.165) is 31.6 Å². The number of rotatable bonds is 5. The van der Waals surface area contributed by atoms with Crippen molar-refractivity contribution < 1.29 is 9.59 Å². The third-order valence-electron chi connectivity index (χ3n) is 4.31. The molecule has 126 valence electrons. The number of hydrogen-bond donors (Lipinski definition) is 3. The smallest absolute Gasteiger partial charge is 0.251 e. The molecular weight excluding hydrogens is 314 g/mol. The lowest BCUT2D eigenvalue weighted by atomic mass is 9.99. The van der Waals surface area contributed by atoms with Crippen molar-refractivity contribution in [3.05, 3.63) is 29.8 Å². The van der Waals surface area contributed by atoms with E-state index in [1.807, 2.05) is 0 Å². The molecule has 1 atom stereocenters. The van der Waals surface area contributed by atoms with Crippen LogP contribution in [-0.4, -0.2) is 31.4 Å². The Bertz CT molecular complexity index is 537. The van der Waals surface area contributed by atoms with Crippen LogP contribution < -0.4 is 16.0 Å². The number of carbonyl (C=O) groups is 2. The van der Waals surface area contributed by atoms with Gasteiger partial charge in [0.1, 0.15) is 0 Å². The Balaban J connectivity index is 0.00000192. The summed E-state index contributed by atoms with van der Waals surface area (Å²) in [7, 11) is 0. The average molecular weight is 338 g/mol. The quantitative estimate of drug-likeness (QED) is 0.771. The molecular formula is C17H24ClN3O2. The van der Waals surface area contributed by atoms with Gasteiger partial charge in [0.05, 0.1) is 0 Å². The van der Waals surface area contributed by atoms with Crippen molar-refractivity contribution in [2.45, 2.75) is 25.7 Å².